The van der Waals surface area contributed by atoms with Gasteiger partial charge in [0.25, 0.3) is 0 Å². The van der Waals surface area contributed by atoms with Gasteiger partial charge in [-0.3, -0.25) is 4.90 Å². The number of hydrogen-bond donors (Lipinski definition) is 1. The molecule has 24 heavy (non-hydrogen) atoms. The number of nitrogens with zero attached hydrogens (tertiary/aromatic N) is 7. The van der Waals surface area contributed by atoms with Crippen LogP contribution in [0.15, 0.2) is 48.9 Å². The molecule has 1 aliphatic rings. The summed E-state index contributed by atoms with van der Waals surface area (Å²) >= 11 is 0. The molecule has 1 fully saturated rings. The molecule has 4 rings (SSSR count). The first kappa shape index (κ1) is 15.0. The van der Waals surface area contributed by atoms with E-state index in [1.165, 1.54) is 0 Å². The highest BCUT2D eigenvalue weighted by molar-refractivity contribution is 5.28. The van der Waals surface area contributed by atoms with Crippen LogP contribution in [0.25, 0.3) is 5.69 Å². The van der Waals surface area contributed by atoms with Crippen molar-refractivity contribution in [2.75, 3.05) is 13.1 Å². The second kappa shape index (κ2) is 6.14. The van der Waals surface area contributed by atoms with Crippen molar-refractivity contribution in [2.24, 2.45) is 0 Å². The molecule has 8 nitrogen and oxygen atoms in total. The van der Waals surface area contributed by atoms with Crippen molar-refractivity contribution in [3.8, 4) is 5.69 Å². The lowest BCUT2D eigenvalue weighted by Gasteiger charge is -2.22. The average Bonchev–Trinajstić information content (AvgIpc) is 3.32. The van der Waals surface area contributed by atoms with E-state index in [1.54, 1.807) is 28.1 Å². The van der Waals surface area contributed by atoms with Gasteiger partial charge in [0.2, 0.25) is 0 Å². The summed E-state index contributed by atoms with van der Waals surface area (Å²) in [6.07, 6.45) is 5.88. The zero-order chi connectivity index (χ0) is 16.4. The molecule has 0 spiro atoms. The van der Waals surface area contributed by atoms with E-state index in [2.05, 4.69) is 25.4 Å². The molecule has 0 bridgehead atoms. The fraction of sp³-hybridized carbons (Fsp3) is 0.375. The topological polar surface area (TPSA) is 84.9 Å². The third kappa shape index (κ3) is 3.19. The minimum Gasteiger partial charge on any atom is -0.387 e. The SMILES string of the molecule is OC1(Cn2ccnn2)CCN(Cc2cnn(-c3ccccc3)n2)C1. The summed E-state index contributed by atoms with van der Waals surface area (Å²) in [4.78, 5) is 3.82. The van der Waals surface area contributed by atoms with Gasteiger partial charge in [-0.1, -0.05) is 23.4 Å². The molecule has 2 aromatic heterocycles. The van der Waals surface area contributed by atoms with Crippen LogP contribution in [0.4, 0.5) is 0 Å². The lowest BCUT2D eigenvalue weighted by atomic mass is 10.0. The first-order chi connectivity index (χ1) is 11.7. The molecule has 8 heteroatoms. The third-order valence-corrected chi connectivity index (χ3v) is 4.25. The highest BCUT2D eigenvalue weighted by Gasteiger charge is 2.36. The van der Waals surface area contributed by atoms with Gasteiger partial charge in [0.05, 0.1) is 35.9 Å². The van der Waals surface area contributed by atoms with Crippen molar-refractivity contribution in [1.82, 2.24) is 34.9 Å². The first-order valence-corrected chi connectivity index (χ1v) is 7.96. The Morgan fingerprint density at radius 3 is 2.88 bits per heavy atom. The molecule has 1 atom stereocenters. The molecule has 1 aliphatic heterocycles. The minimum atomic E-state index is -0.775. The van der Waals surface area contributed by atoms with Gasteiger partial charge in [-0.15, -0.1) is 5.10 Å². The first-order valence-electron chi connectivity index (χ1n) is 7.96. The molecule has 0 amide bonds. The summed E-state index contributed by atoms with van der Waals surface area (Å²) in [7, 11) is 0. The number of rotatable bonds is 5. The van der Waals surface area contributed by atoms with Crippen LogP contribution in [0.5, 0.6) is 0 Å². The standard InChI is InChI=1S/C16H19N7O/c24-16(13-22-9-7-17-20-22)6-8-21(12-16)11-14-10-18-23(19-14)15-4-2-1-3-5-15/h1-5,7,9-10,24H,6,8,11-13H2. The Kier molecular flexibility index (Phi) is 3.83. The quantitative estimate of drug-likeness (QED) is 0.735. The van der Waals surface area contributed by atoms with E-state index in [-0.39, 0.29) is 0 Å². The fourth-order valence-electron chi connectivity index (χ4n) is 3.11. The Bertz CT molecular complexity index is 786. The predicted molar refractivity (Wildman–Crippen MR) is 86.2 cm³/mol. The predicted octanol–water partition coefficient (Wildman–Crippen LogP) is 0.496. The van der Waals surface area contributed by atoms with Crippen molar-refractivity contribution in [3.05, 3.63) is 54.6 Å². The van der Waals surface area contributed by atoms with Gasteiger partial charge in [-0.25, -0.2) is 4.68 Å². The normalized spacial score (nSPS) is 21.4. The molecule has 0 saturated carbocycles. The maximum absolute atomic E-state index is 10.7. The van der Waals surface area contributed by atoms with Crippen LogP contribution in [-0.2, 0) is 13.1 Å². The van der Waals surface area contributed by atoms with E-state index >= 15 is 0 Å². The van der Waals surface area contributed by atoms with Gasteiger partial charge in [-0.2, -0.15) is 15.0 Å². The molecule has 1 aromatic carbocycles. The molecule has 1 saturated heterocycles. The molecule has 3 heterocycles. The van der Waals surface area contributed by atoms with Crippen molar-refractivity contribution < 1.29 is 5.11 Å². The van der Waals surface area contributed by atoms with Crippen molar-refractivity contribution >= 4 is 0 Å². The number of para-hydroxylation sites is 1. The highest BCUT2D eigenvalue weighted by atomic mass is 16.3. The lowest BCUT2D eigenvalue weighted by Crippen LogP contribution is -2.37. The average molecular weight is 325 g/mol. The third-order valence-electron chi connectivity index (χ3n) is 4.25. The fourth-order valence-corrected chi connectivity index (χ4v) is 3.11. The molecule has 0 aliphatic carbocycles. The zero-order valence-electron chi connectivity index (χ0n) is 13.2. The van der Waals surface area contributed by atoms with E-state index in [0.29, 0.717) is 26.1 Å². The van der Waals surface area contributed by atoms with Crippen LogP contribution in [0.3, 0.4) is 0 Å². The minimum absolute atomic E-state index is 0.459. The van der Waals surface area contributed by atoms with Gasteiger partial charge in [0, 0.05) is 25.8 Å². The van der Waals surface area contributed by atoms with E-state index in [9.17, 15) is 5.11 Å². The Morgan fingerprint density at radius 1 is 1.21 bits per heavy atom. The maximum atomic E-state index is 10.7. The number of β-amino-alcohol motifs (C(OH)–C–C–N with tert-alkyl or cyclic N) is 1. The highest BCUT2D eigenvalue weighted by Crippen LogP contribution is 2.24. The summed E-state index contributed by atoms with van der Waals surface area (Å²) in [6.45, 7) is 2.54. The van der Waals surface area contributed by atoms with E-state index in [4.69, 9.17) is 0 Å². The van der Waals surface area contributed by atoms with Crippen LogP contribution in [0, 0.1) is 0 Å². The van der Waals surface area contributed by atoms with E-state index in [1.807, 2.05) is 30.3 Å². The summed E-state index contributed by atoms with van der Waals surface area (Å²) in [5, 5.41) is 27.3. The molecule has 1 unspecified atom stereocenters. The number of benzene rings is 1. The van der Waals surface area contributed by atoms with Crippen LogP contribution in [-0.4, -0.2) is 58.7 Å². The maximum Gasteiger partial charge on any atom is 0.0981 e. The summed E-state index contributed by atoms with van der Waals surface area (Å²) in [5.41, 5.74) is 1.06. The monoisotopic (exact) mass is 325 g/mol. The second-order valence-corrected chi connectivity index (χ2v) is 6.25. The Balaban J connectivity index is 1.39. The number of aliphatic hydroxyl groups is 1. The number of hydrogen-bond acceptors (Lipinski definition) is 6. The Labute approximate surface area is 139 Å². The van der Waals surface area contributed by atoms with Crippen molar-refractivity contribution in [3.63, 3.8) is 0 Å². The van der Waals surface area contributed by atoms with E-state index < -0.39 is 5.60 Å². The number of likely N-dealkylation sites (tertiary alicyclic amines) is 1. The lowest BCUT2D eigenvalue weighted by molar-refractivity contribution is 0.0273. The molecule has 3 aromatic rings. The van der Waals surface area contributed by atoms with Gasteiger partial charge in [-0.05, 0) is 18.6 Å². The summed E-state index contributed by atoms with van der Waals surface area (Å²) in [5.74, 6) is 0. The summed E-state index contributed by atoms with van der Waals surface area (Å²) < 4.78 is 1.68. The molecule has 124 valence electrons. The smallest absolute Gasteiger partial charge is 0.0981 e. The van der Waals surface area contributed by atoms with Crippen LogP contribution in [0.2, 0.25) is 0 Å². The van der Waals surface area contributed by atoms with Gasteiger partial charge >= 0.3 is 0 Å². The van der Waals surface area contributed by atoms with Crippen molar-refractivity contribution in [1.29, 1.82) is 0 Å². The van der Waals surface area contributed by atoms with E-state index in [0.717, 1.165) is 17.9 Å². The molecular formula is C16H19N7O. The second-order valence-electron chi connectivity index (χ2n) is 6.25. The van der Waals surface area contributed by atoms with Gasteiger partial charge in [0.1, 0.15) is 0 Å². The molecule has 1 N–H and O–H groups in total. The molecule has 0 radical (unpaired) electrons. The van der Waals surface area contributed by atoms with Crippen LogP contribution >= 0.6 is 0 Å². The van der Waals surface area contributed by atoms with Gasteiger partial charge < -0.3 is 5.11 Å². The van der Waals surface area contributed by atoms with Crippen molar-refractivity contribution in [2.45, 2.75) is 25.1 Å². The Morgan fingerprint density at radius 2 is 2.08 bits per heavy atom. The number of aromatic nitrogens is 6. The Hall–Kier alpha value is -2.58. The van der Waals surface area contributed by atoms with Crippen LogP contribution < -0.4 is 0 Å². The largest absolute Gasteiger partial charge is 0.387 e. The molecular weight excluding hydrogens is 306 g/mol. The summed E-state index contributed by atoms with van der Waals surface area (Å²) in [6, 6.07) is 9.83. The zero-order valence-corrected chi connectivity index (χ0v) is 13.2. The van der Waals surface area contributed by atoms with Gasteiger partial charge in [0.15, 0.2) is 0 Å². The van der Waals surface area contributed by atoms with Crippen LogP contribution in [0.1, 0.15) is 12.1 Å².